The maximum atomic E-state index is 6.15. The molecule has 1 aromatic rings. The van der Waals surface area contributed by atoms with Gasteiger partial charge in [-0.05, 0) is 24.0 Å². The van der Waals surface area contributed by atoms with Gasteiger partial charge in [-0.25, -0.2) is 0 Å². The second-order valence-corrected chi connectivity index (χ2v) is 3.77. The van der Waals surface area contributed by atoms with Crippen molar-refractivity contribution in [1.82, 2.24) is 0 Å². The number of rotatable bonds is 3. The summed E-state index contributed by atoms with van der Waals surface area (Å²) < 4.78 is 0. The van der Waals surface area contributed by atoms with Crippen LogP contribution in [0.5, 0.6) is 0 Å². The topological polar surface area (TPSA) is 26.0 Å². The van der Waals surface area contributed by atoms with Gasteiger partial charge in [0.25, 0.3) is 0 Å². The molecule has 2 N–H and O–H groups in total. The third kappa shape index (κ3) is 2.31. The molecule has 1 aromatic carbocycles. The van der Waals surface area contributed by atoms with Crippen LogP contribution in [0.2, 0.25) is 0 Å². The molecule has 2 unspecified atom stereocenters. The van der Waals surface area contributed by atoms with Gasteiger partial charge in [0.15, 0.2) is 0 Å². The number of hydrogen-bond acceptors (Lipinski definition) is 1. The normalized spacial score (nSPS) is 15.4. The first-order valence-corrected chi connectivity index (χ1v) is 4.98. The molecule has 1 nitrogen and oxygen atoms in total. The van der Waals surface area contributed by atoms with E-state index in [0.717, 1.165) is 6.42 Å². The van der Waals surface area contributed by atoms with Crippen molar-refractivity contribution in [2.75, 3.05) is 0 Å². The second kappa shape index (κ2) is 4.43. The molecule has 13 heavy (non-hydrogen) atoms. The molecule has 0 bridgehead atoms. The van der Waals surface area contributed by atoms with Crippen LogP contribution in [0.4, 0.5) is 0 Å². The summed E-state index contributed by atoms with van der Waals surface area (Å²) in [6.45, 7) is 6.51. The number of aryl methyl sites for hydroxylation is 1. The van der Waals surface area contributed by atoms with Gasteiger partial charge < -0.3 is 5.73 Å². The lowest BCUT2D eigenvalue weighted by atomic mass is 9.91. The number of benzene rings is 1. The van der Waals surface area contributed by atoms with E-state index < -0.39 is 0 Å². The van der Waals surface area contributed by atoms with Crippen LogP contribution < -0.4 is 5.73 Å². The largest absolute Gasteiger partial charge is 0.324 e. The van der Waals surface area contributed by atoms with E-state index in [1.807, 2.05) is 0 Å². The molecule has 0 aromatic heterocycles. The van der Waals surface area contributed by atoms with Gasteiger partial charge in [-0.3, -0.25) is 0 Å². The van der Waals surface area contributed by atoms with Crippen LogP contribution in [0.15, 0.2) is 24.3 Å². The van der Waals surface area contributed by atoms with E-state index in [9.17, 15) is 0 Å². The fourth-order valence-electron chi connectivity index (χ4n) is 1.52. The monoisotopic (exact) mass is 177 g/mol. The van der Waals surface area contributed by atoms with Gasteiger partial charge in [-0.2, -0.15) is 0 Å². The zero-order valence-corrected chi connectivity index (χ0v) is 8.75. The Morgan fingerprint density at radius 1 is 1.31 bits per heavy atom. The highest BCUT2D eigenvalue weighted by molar-refractivity contribution is 5.28. The van der Waals surface area contributed by atoms with Crippen LogP contribution in [-0.2, 0) is 0 Å². The van der Waals surface area contributed by atoms with Crippen LogP contribution in [0.3, 0.4) is 0 Å². The van der Waals surface area contributed by atoms with Crippen molar-refractivity contribution in [1.29, 1.82) is 0 Å². The minimum atomic E-state index is 0.186. The van der Waals surface area contributed by atoms with Gasteiger partial charge in [0.2, 0.25) is 0 Å². The first kappa shape index (κ1) is 10.3. The maximum absolute atomic E-state index is 6.15. The van der Waals surface area contributed by atoms with Crippen molar-refractivity contribution in [2.45, 2.75) is 33.2 Å². The fraction of sp³-hybridized carbons (Fsp3) is 0.500. The van der Waals surface area contributed by atoms with Crippen molar-refractivity contribution in [3.63, 3.8) is 0 Å². The van der Waals surface area contributed by atoms with Crippen molar-refractivity contribution >= 4 is 0 Å². The summed E-state index contributed by atoms with van der Waals surface area (Å²) >= 11 is 0. The summed E-state index contributed by atoms with van der Waals surface area (Å²) in [5, 5.41) is 0. The molecule has 0 amide bonds. The highest BCUT2D eigenvalue weighted by atomic mass is 14.6. The Labute approximate surface area is 81.0 Å². The minimum absolute atomic E-state index is 0.186. The molecule has 0 heterocycles. The van der Waals surface area contributed by atoms with Gasteiger partial charge in [0.05, 0.1) is 0 Å². The molecule has 0 aliphatic heterocycles. The average Bonchev–Trinajstić information content (AvgIpc) is 2.16. The van der Waals surface area contributed by atoms with Crippen LogP contribution in [0.25, 0.3) is 0 Å². The Bertz CT molecular complexity index is 268. The van der Waals surface area contributed by atoms with Crippen molar-refractivity contribution in [2.24, 2.45) is 11.7 Å². The van der Waals surface area contributed by atoms with Crippen LogP contribution in [0.1, 0.15) is 37.4 Å². The zero-order chi connectivity index (χ0) is 9.84. The molecule has 0 radical (unpaired) electrons. The Balaban J connectivity index is 2.88. The molecule has 0 aliphatic carbocycles. The quantitative estimate of drug-likeness (QED) is 0.754. The van der Waals surface area contributed by atoms with Gasteiger partial charge in [0.1, 0.15) is 0 Å². The van der Waals surface area contributed by atoms with E-state index in [4.69, 9.17) is 5.73 Å². The minimum Gasteiger partial charge on any atom is -0.324 e. The van der Waals surface area contributed by atoms with Crippen molar-refractivity contribution < 1.29 is 0 Å². The third-order valence-electron chi connectivity index (χ3n) is 2.80. The summed E-state index contributed by atoms with van der Waals surface area (Å²) in [4.78, 5) is 0. The highest BCUT2D eigenvalue weighted by Crippen LogP contribution is 2.23. The molecule has 72 valence electrons. The molecule has 0 saturated carbocycles. The van der Waals surface area contributed by atoms with Gasteiger partial charge in [-0.15, -0.1) is 0 Å². The highest BCUT2D eigenvalue weighted by Gasteiger charge is 2.13. The maximum Gasteiger partial charge on any atom is 0.0323 e. The lowest BCUT2D eigenvalue weighted by molar-refractivity contribution is 0.455. The summed E-state index contributed by atoms with van der Waals surface area (Å²) in [6, 6.07) is 8.56. The SMILES string of the molecule is CCC(C)C(N)c1ccccc1C. The molecule has 1 heteroatoms. The molecule has 0 aliphatic rings. The molecule has 0 saturated heterocycles. The second-order valence-electron chi connectivity index (χ2n) is 3.77. The summed E-state index contributed by atoms with van der Waals surface area (Å²) in [6.07, 6.45) is 1.13. The Kier molecular flexibility index (Phi) is 3.49. The number of nitrogens with two attached hydrogens (primary N) is 1. The van der Waals surface area contributed by atoms with E-state index in [1.165, 1.54) is 11.1 Å². The number of hydrogen-bond donors (Lipinski definition) is 1. The van der Waals surface area contributed by atoms with Crippen LogP contribution >= 0.6 is 0 Å². The van der Waals surface area contributed by atoms with Crippen LogP contribution in [0, 0.1) is 12.8 Å². The van der Waals surface area contributed by atoms with E-state index in [2.05, 4.69) is 45.0 Å². The lowest BCUT2D eigenvalue weighted by Gasteiger charge is -2.20. The summed E-state index contributed by atoms with van der Waals surface area (Å²) in [7, 11) is 0. The molecule has 0 spiro atoms. The molecular formula is C12H19N. The average molecular weight is 177 g/mol. The van der Waals surface area contributed by atoms with E-state index >= 15 is 0 Å². The molecular weight excluding hydrogens is 158 g/mol. The Morgan fingerprint density at radius 3 is 2.46 bits per heavy atom. The molecule has 1 rings (SSSR count). The van der Waals surface area contributed by atoms with Crippen molar-refractivity contribution in [3.8, 4) is 0 Å². The predicted molar refractivity (Wildman–Crippen MR) is 57.6 cm³/mol. The zero-order valence-electron chi connectivity index (χ0n) is 8.75. The summed E-state index contributed by atoms with van der Waals surface area (Å²) in [5.74, 6) is 0.557. The molecule has 2 atom stereocenters. The van der Waals surface area contributed by atoms with E-state index in [1.54, 1.807) is 0 Å². The Hall–Kier alpha value is -0.820. The van der Waals surface area contributed by atoms with Crippen molar-refractivity contribution in [3.05, 3.63) is 35.4 Å². The smallest absolute Gasteiger partial charge is 0.0323 e. The lowest BCUT2D eigenvalue weighted by Crippen LogP contribution is -2.19. The fourth-order valence-corrected chi connectivity index (χ4v) is 1.52. The summed E-state index contributed by atoms with van der Waals surface area (Å²) in [5.41, 5.74) is 8.74. The van der Waals surface area contributed by atoms with Gasteiger partial charge in [-0.1, -0.05) is 44.5 Å². The van der Waals surface area contributed by atoms with Gasteiger partial charge >= 0.3 is 0 Å². The molecule has 0 fully saturated rings. The van der Waals surface area contributed by atoms with E-state index in [-0.39, 0.29) is 6.04 Å². The predicted octanol–water partition coefficient (Wildman–Crippen LogP) is 3.04. The first-order valence-electron chi connectivity index (χ1n) is 4.98. The van der Waals surface area contributed by atoms with Gasteiger partial charge in [0, 0.05) is 6.04 Å². The third-order valence-corrected chi connectivity index (χ3v) is 2.80. The standard InChI is InChI=1S/C12H19N/c1-4-9(2)12(13)11-8-6-5-7-10(11)3/h5-9,12H,4,13H2,1-3H3. The Morgan fingerprint density at radius 2 is 1.92 bits per heavy atom. The van der Waals surface area contributed by atoms with E-state index in [0.29, 0.717) is 5.92 Å². The first-order chi connectivity index (χ1) is 6.16. The van der Waals surface area contributed by atoms with Crippen LogP contribution in [-0.4, -0.2) is 0 Å².